The minimum Gasteiger partial charge on any atom is -0.384 e. The van der Waals surface area contributed by atoms with Crippen molar-refractivity contribution >= 4 is 21.4 Å². The molecule has 0 saturated heterocycles. The van der Waals surface area contributed by atoms with Crippen molar-refractivity contribution in [1.82, 2.24) is 4.72 Å². The Morgan fingerprint density at radius 2 is 1.67 bits per heavy atom. The maximum absolute atomic E-state index is 12.2. The average Bonchev–Trinajstić information content (AvgIpc) is 2.54. The molecule has 0 aliphatic rings. The van der Waals surface area contributed by atoms with E-state index in [1.165, 1.54) is 12.1 Å². The number of sulfonamides is 1. The van der Waals surface area contributed by atoms with Crippen LogP contribution in [0.15, 0.2) is 47.4 Å². The van der Waals surface area contributed by atoms with Crippen molar-refractivity contribution in [2.24, 2.45) is 0 Å². The SMILES string of the molecule is Cc1ccc(S(=O)(=O)NCCNc2ccc([N+](=O)[O-])cc2)cc1C. The number of rotatable bonds is 7. The molecule has 0 atom stereocenters. The van der Waals surface area contributed by atoms with Crippen molar-refractivity contribution in [2.45, 2.75) is 18.7 Å². The Morgan fingerprint density at radius 1 is 1.00 bits per heavy atom. The average molecular weight is 349 g/mol. The summed E-state index contributed by atoms with van der Waals surface area (Å²) in [4.78, 5) is 10.3. The van der Waals surface area contributed by atoms with Gasteiger partial charge in [0.2, 0.25) is 10.0 Å². The fraction of sp³-hybridized carbons (Fsp3) is 0.250. The summed E-state index contributed by atoms with van der Waals surface area (Å²) in [5.74, 6) is 0. The van der Waals surface area contributed by atoms with E-state index < -0.39 is 14.9 Å². The first kappa shape index (κ1) is 17.9. The van der Waals surface area contributed by atoms with Gasteiger partial charge in [-0.15, -0.1) is 0 Å². The highest BCUT2D eigenvalue weighted by atomic mass is 32.2. The second-order valence-electron chi connectivity index (χ2n) is 5.37. The van der Waals surface area contributed by atoms with Gasteiger partial charge in [-0.25, -0.2) is 13.1 Å². The molecule has 2 rings (SSSR count). The third-order valence-corrected chi connectivity index (χ3v) is 5.07. The predicted octanol–water partition coefficient (Wildman–Crippen LogP) is 2.60. The molecule has 128 valence electrons. The van der Waals surface area contributed by atoms with Crippen LogP contribution in [0.25, 0.3) is 0 Å². The molecular formula is C16H19N3O4S. The Bertz CT molecular complexity index is 833. The number of anilines is 1. The van der Waals surface area contributed by atoms with Gasteiger partial charge in [-0.3, -0.25) is 10.1 Å². The molecule has 0 spiro atoms. The summed E-state index contributed by atoms with van der Waals surface area (Å²) in [5, 5.41) is 13.6. The first-order chi connectivity index (χ1) is 11.3. The van der Waals surface area contributed by atoms with Gasteiger partial charge in [-0.1, -0.05) is 6.07 Å². The summed E-state index contributed by atoms with van der Waals surface area (Å²) in [7, 11) is -3.55. The van der Waals surface area contributed by atoms with Crippen molar-refractivity contribution in [3.63, 3.8) is 0 Å². The molecule has 0 heterocycles. The first-order valence-corrected chi connectivity index (χ1v) is 8.83. The Kier molecular flexibility index (Phi) is 5.53. The third kappa shape index (κ3) is 4.53. The molecule has 0 bridgehead atoms. The zero-order chi connectivity index (χ0) is 17.7. The van der Waals surface area contributed by atoms with Crippen molar-refractivity contribution in [3.05, 3.63) is 63.7 Å². The number of nitro benzene ring substituents is 1. The number of hydrogen-bond acceptors (Lipinski definition) is 5. The minimum atomic E-state index is -3.55. The second kappa shape index (κ2) is 7.41. The topological polar surface area (TPSA) is 101 Å². The lowest BCUT2D eigenvalue weighted by Gasteiger charge is -2.10. The van der Waals surface area contributed by atoms with E-state index in [0.717, 1.165) is 11.1 Å². The van der Waals surface area contributed by atoms with Crippen LogP contribution in [0, 0.1) is 24.0 Å². The van der Waals surface area contributed by atoms with Gasteiger partial charge in [0.05, 0.1) is 9.82 Å². The van der Waals surface area contributed by atoms with Crippen LogP contribution < -0.4 is 10.0 Å². The lowest BCUT2D eigenvalue weighted by atomic mass is 10.1. The molecule has 0 radical (unpaired) electrons. The van der Waals surface area contributed by atoms with Gasteiger partial charge in [-0.05, 0) is 49.2 Å². The molecule has 8 heteroatoms. The van der Waals surface area contributed by atoms with Gasteiger partial charge in [0.25, 0.3) is 5.69 Å². The largest absolute Gasteiger partial charge is 0.384 e. The number of hydrogen-bond donors (Lipinski definition) is 2. The highest BCUT2D eigenvalue weighted by Gasteiger charge is 2.13. The summed E-state index contributed by atoms with van der Waals surface area (Å²) in [6, 6.07) is 10.9. The van der Waals surface area contributed by atoms with E-state index in [1.807, 2.05) is 13.8 Å². The van der Waals surface area contributed by atoms with E-state index in [-0.39, 0.29) is 17.1 Å². The lowest BCUT2D eigenvalue weighted by Crippen LogP contribution is -2.29. The van der Waals surface area contributed by atoms with Gasteiger partial charge in [-0.2, -0.15) is 0 Å². The molecule has 0 saturated carbocycles. The molecule has 0 unspecified atom stereocenters. The van der Waals surface area contributed by atoms with Gasteiger partial charge < -0.3 is 5.32 Å². The zero-order valence-electron chi connectivity index (χ0n) is 13.4. The molecule has 0 aromatic heterocycles. The quantitative estimate of drug-likeness (QED) is 0.454. The number of aryl methyl sites for hydroxylation is 2. The number of nitrogens with one attached hydrogen (secondary N) is 2. The summed E-state index contributed by atoms with van der Waals surface area (Å²) in [6.07, 6.45) is 0. The van der Waals surface area contributed by atoms with Crippen LogP contribution in [0.1, 0.15) is 11.1 Å². The molecular weight excluding hydrogens is 330 g/mol. The monoisotopic (exact) mass is 349 g/mol. The Morgan fingerprint density at radius 3 is 2.25 bits per heavy atom. The molecule has 2 aromatic rings. The van der Waals surface area contributed by atoms with Crippen LogP contribution in [0.5, 0.6) is 0 Å². The van der Waals surface area contributed by atoms with Gasteiger partial charge >= 0.3 is 0 Å². The van der Waals surface area contributed by atoms with Crippen LogP contribution in [-0.4, -0.2) is 26.4 Å². The Hall–Kier alpha value is -2.45. The van der Waals surface area contributed by atoms with E-state index in [1.54, 1.807) is 30.3 Å². The molecule has 0 amide bonds. The van der Waals surface area contributed by atoms with E-state index in [4.69, 9.17) is 0 Å². The molecule has 0 fully saturated rings. The standard InChI is InChI=1S/C16H19N3O4S/c1-12-3-8-16(11-13(12)2)24(22,23)18-10-9-17-14-4-6-15(7-5-14)19(20)21/h3-8,11,17-18H,9-10H2,1-2H3. The van der Waals surface area contributed by atoms with Gasteiger partial charge in [0.1, 0.15) is 0 Å². The molecule has 0 aliphatic heterocycles. The Labute approximate surface area is 140 Å². The summed E-state index contributed by atoms with van der Waals surface area (Å²) < 4.78 is 26.9. The van der Waals surface area contributed by atoms with Crippen LogP contribution in [0.3, 0.4) is 0 Å². The van der Waals surface area contributed by atoms with E-state index in [0.29, 0.717) is 12.2 Å². The number of nitro groups is 1. The number of non-ortho nitro benzene ring substituents is 1. The fourth-order valence-corrected chi connectivity index (χ4v) is 3.17. The summed E-state index contributed by atoms with van der Waals surface area (Å²) in [6.45, 7) is 4.35. The number of nitrogens with zero attached hydrogens (tertiary/aromatic N) is 1. The van der Waals surface area contributed by atoms with Crippen molar-refractivity contribution in [3.8, 4) is 0 Å². The smallest absolute Gasteiger partial charge is 0.269 e. The third-order valence-electron chi connectivity index (χ3n) is 3.61. The van der Waals surface area contributed by atoms with E-state index in [2.05, 4.69) is 10.0 Å². The maximum Gasteiger partial charge on any atom is 0.269 e. The summed E-state index contributed by atoms with van der Waals surface area (Å²) in [5.41, 5.74) is 2.65. The van der Waals surface area contributed by atoms with Crippen molar-refractivity contribution < 1.29 is 13.3 Å². The molecule has 24 heavy (non-hydrogen) atoms. The van der Waals surface area contributed by atoms with Crippen molar-refractivity contribution in [1.29, 1.82) is 0 Å². The van der Waals surface area contributed by atoms with Crippen LogP contribution in [-0.2, 0) is 10.0 Å². The highest BCUT2D eigenvalue weighted by Crippen LogP contribution is 2.16. The lowest BCUT2D eigenvalue weighted by molar-refractivity contribution is -0.384. The van der Waals surface area contributed by atoms with Gasteiger partial charge in [0, 0.05) is 30.9 Å². The Balaban J connectivity index is 1.88. The molecule has 0 aliphatic carbocycles. The highest BCUT2D eigenvalue weighted by molar-refractivity contribution is 7.89. The molecule has 2 N–H and O–H groups in total. The zero-order valence-corrected chi connectivity index (χ0v) is 14.3. The minimum absolute atomic E-state index is 0.0102. The molecule has 7 nitrogen and oxygen atoms in total. The first-order valence-electron chi connectivity index (χ1n) is 7.35. The normalized spacial score (nSPS) is 11.2. The number of benzene rings is 2. The summed E-state index contributed by atoms with van der Waals surface area (Å²) >= 11 is 0. The van der Waals surface area contributed by atoms with E-state index >= 15 is 0 Å². The maximum atomic E-state index is 12.2. The van der Waals surface area contributed by atoms with Crippen LogP contribution in [0.2, 0.25) is 0 Å². The van der Waals surface area contributed by atoms with Crippen LogP contribution in [0.4, 0.5) is 11.4 Å². The van der Waals surface area contributed by atoms with Crippen LogP contribution >= 0.6 is 0 Å². The fourth-order valence-electron chi connectivity index (χ4n) is 2.06. The van der Waals surface area contributed by atoms with Crippen molar-refractivity contribution in [2.75, 3.05) is 18.4 Å². The second-order valence-corrected chi connectivity index (χ2v) is 7.14. The predicted molar refractivity (Wildman–Crippen MR) is 92.7 cm³/mol. The molecule has 2 aromatic carbocycles. The van der Waals surface area contributed by atoms with Gasteiger partial charge in [0.15, 0.2) is 0 Å². The van der Waals surface area contributed by atoms with E-state index in [9.17, 15) is 18.5 Å².